The fraction of sp³-hybridized carbons (Fsp3) is 0.409. The third-order valence-corrected chi connectivity index (χ3v) is 4.36. The summed E-state index contributed by atoms with van der Waals surface area (Å²) < 4.78 is 0. The van der Waals surface area contributed by atoms with Gasteiger partial charge in [-0.2, -0.15) is 0 Å². The molecule has 2 rings (SSSR count). The molecular formula is C22H30N2O. The molecule has 3 nitrogen and oxygen atoms in total. The van der Waals surface area contributed by atoms with Gasteiger partial charge in [0.2, 0.25) is 5.91 Å². The average Bonchev–Trinajstić information content (AvgIpc) is 2.59. The van der Waals surface area contributed by atoms with Gasteiger partial charge in [0.05, 0.1) is 6.54 Å². The molecule has 134 valence electrons. The fourth-order valence-electron chi connectivity index (χ4n) is 2.96. The summed E-state index contributed by atoms with van der Waals surface area (Å²) in [6.45, 7) is 9.76. The molecule has 25 heavy (non-hydrogen) atoms. The van der Waals surface area contributed by atoms with E-state index >= 15 is 0 Å². The van der Waals surface area contributed by atoms with Crippen molar-refractivity contribution in [3.05, 3.63) is 65.2 Å². The van der Waals surface area contributed by atoms with Crippen LogP contribution in [0.25, 0.3) is 0 Å². The first-order valence-electron chi connectivity index (χ1n) is 9.16. The van der Waals surface area contributed by atoms with E-state index in [9.17, 15) is 4.79 Å². The van der Waals surface area contributed by atoms with Crippen molar-refractivity contribution in [2.45, 2.75) is 46.0 Å². The highest BCUT2D eigenvalue weighted by Gasteiger charge is 2.15. The van der Waals surface area contributed by atoms with E-state index in [-0.39, 0.29) is 5.91 Å². The van der Waals surface area contributed by atoms with Gasteiger partial charge < -0.3 is 10.6 Å². The van der Waals surface area contributed by atoms with Crippen LogP contribution in [-0.2, 0) is 11.2 Å². The number of anilines is 1. The van der Waals surface area contributed by atoms with Gasteiger partial charge in [0.25, 0.3) is 0 Å². The van der Waals surface area contributed by atoms with E-state index in [1.54, 1.807) is 0 Å². The van der Waals surface area contributed by atoms with Crippen molar-refractivity contribution in [3.63, 3.8) is 0 Å². The second-order valence-electron chi connectivity index (χ2n) is 7.08. The third kappa shape index (κ3) is 5.71. The number of benzene rings is 2. The van der Waals surface area contributed by atoms with Crippen LogP contribution in [0.2, 0.25) is 0 Å². The first-order valence-corrected chi connectivity index (χ1v) is 9.16. The van der Waals surface area contributed by atoms with E-state index in [2.05, 4.69) is 68.7 Å². The Hall–Kier alpha value is -2.13. The molecule has 0 aliphatic rings. The summed E-state index contributed by atoms with van der Waals surface area (Å²) in [7, 11) is 0. The summed E-state index contributed by atoms with van der Waals surface area (Å²) >= 11 is 0. The maximum Gasteiger partial charge on any atom is 0.238 e. The predicted molar refractivity (Wildman–Crippen MR) is 106 cm³/mol. The highest BCUT2D eigenvalue weighted by molar-refractivity contribution is 5.94. The Morgan fingerprint density at radius 1 is 0.880 bits per heavy atom. The van der Waals surface area contributed by atoms with E-state index in [1.807, 2.05) is 18.2 Å². The number of carbonyl (C=O) groups excluding carboxylic acids is 1. The maximum absolute atomic E-state index is 12.4. The normalized spacial score (nSPS) is 11.1. The molecule has 2 N–H and O–H groups in total. The Balaban J connectivity index is 1.93. The minimum Gasteiger partial charge on any atom is -0.324 e. The zero-order chi connectivity index (χ0) is 18.2. The summed E-state index contributed by atoms with van der Waals surface area (Å²) in [4.78, 5) is 12.4. The van der Waals surface area contributed by atoms with Gasteiger partial charge in [0.1, 0.15) is 0 Å². The molecule has 0 unspecified atom stereocenters. The lowest BCUT2D eigenvalue weighted by atomic mass is 9.92. The fourth-order valence-corrected chi connectivity index (χ4v) is 2.96. The summed E-state index contributed by atoms with van der Waals surface area (Å²) in [5.74, 6) is 0.767. The van der Waals surface area contributed by atoms with E-state index in [0.29, 0.717) is 18.4 Å². The standard InChI is InChI=1S/C22H30N2O/c1-16(2)19-11-8-12-20(17(3)4)22(19)24-21(25)15-23-14-13-18-9-6-5-7-10-18/h5-12,16-17,23H,13-15H2,1-4H3,(H,24,25). The second kappa shape index (κ2) is 9.38. The highest BCUT2D eigenvalue weighted by Crippen LogP contribution is 2.32. The Morgan fingerprint density at radius 2 is 1.48 bits per heavy atom. The van der Waals surface area contributed by atoms with E-state index < -0.39 is 0 Å². The quantitative estimate of drug-likeness (QED) is 0.685. The lowest BCUT2D eigenvalue weighted by Gasteiger charge is -2.20. The van der Waals surface area contributed by atoms with Crippen LogP contribution in [0.3, 0.4) is 0 Å². The lowest BCUT2D eigenvalue weighted by Crippen LogP contribution is -2.30. The van der Waals surface area contributed by atoms with Gasteiger partial charge in [-0.25, -0.2) is 0 Å². The number of para-hydroxylation sites is 1. The molecule has 0 saturated carbocycles. The molecule has 1 amide bonds. The van der Waals surface area contributed by atoms with Gasteiger partial charge in [0, 0.05) is 5.69 Å². The smallest absolute Gasteiger partial charge is 0.238 e. The van der Waals surface area contributed by atoms with Crippen LogP contribution in [0, 0.1) is 0 Å². The molecule has 0 saturated heterocycles. The lowest BCUT2D eigenvalue weighted by molar-refractivity contribution is -0.115. The molecule has 2 aromatic rings. The number of carbonyl (C=O) groups is 1. The maximum atomic E-state index is 12.4. The molecule has 3 heteroatoms. The number of amides is 1. The molecule has 0 aliphatic carbocycles. The van der Waals surface area contributed by atoms with Crippen LogP contribution in [0.4, 0.5) is 5.69 Å². The zero-order valence-corrected chi connectivity index (χ0v) is 15.8. The van der Waals surface area contributed by atoms with E-state index in [1.165, 1.54) is 16.7 Å². The first kappa shape index (κ1) is 19.2. The summed E-state index contributed by atoms with van der Waals surface area (Å²) in [6.07, 6.45) is 0.925. The Kier molecular flexibility index (Phi) is 7.20. The van der Waals surface area contributed by atoms with Gasteiger partial charge in [0.15, 0.2) is 0 Å². The van der Waals surface area contributed by atoms with E-state index in [4.69, 9.17) is 0 Å². The Labute approximate surface area is 151 Å². The molecule has 0 radical (unpaired) electrons. The Bertz CT molecular complexity index is 651. The van der Waals surface area contributed by atoms with Crippen LogP contribution < -0.4 is 10.6 Å². The number of hydrogen-bond donors (Lipinski definition) is 2. The van der Waals surface area contributed by atoms with E-state index in [0.717, 1.165) is 18.7 Å². The molecule has 0 aromatic heterocycles. The second-order valence-corrected chi connectivity index (χ2v) is 7.08. The Morgan fingerprint density at radius 3 is 2.04 bits per heavy atom. The monoisotopic (exact) mass is 338 g/mol. The topological polar surface area (TPSA) is 41.1 Å². The first-order chi connectivity index (χ1) is 12.0. The van der Waals surface area contributed by atoms with Crippen LogP contribution >= 0.6 is 0 Å². The van der Waals surface area contributed by atoms with Gasteiger partial charge in [-0.15, -0.1) is 0 Å². The van der Waals surface area contributed by atoms with Crippen molar-refractivity contribution in [1.82, 2.24) is 5.32 Å². The van der Waals surface area contributed by atoms with Crippen LogP contribution in [-0.4, -0.2) is 19.0 Å². The van der Waals surface area contributed by atoms with Gasteiger partial charge in [-0.3, -0.25) is 4.79 Å². The van der Waals surface area contributed by atoms with Crippen molar-refractivity contribution in [3.8, 4) is 0 Å². The van der Waals surface area contributed by atoms with Crippen molar-refractivity contribution < 1.29 is 4.79 Å². The third-order valence-electron chi connectivity index (χ3n) is 4.36. The van der Waals surface area contributed by atoms with Gasteiger partial charge >= 0.3 is 0 Å². The molecule has 0 aliphatic heterocycles. The molecule has 0 heterocycles. The predicted octanol–water partition coefficient (Wildman–Crippen LogP) is 4.70. The minimum absolute atomic E-state index is 0.0167. The van der Waals surface area contributed by atoms with Crippen LogP contribution in [0.1, 0.15) is 56.2 Å². The average molecular weight is 338 g/mol. The zero-order valence-electron chi connectivity index (χ0n) is 15.8. The molecule has 0 atom stereocenters. The van der Waals surface area contributed by atoms with Crippen molar-refractivity contribution in [2.75, 3.05) is 18.4 Å². The molecule has 2 aromatic carbocycles. The summed E-state index contributed by atoms with van der Waals surface area (Å²) in [5.41, 5.74) is 4.66. The molecule has 0 bridgehead atoms. The van der Waals surface area contributed by atoms with Crippen molar-refractivity contribution >= 4 is 11.6 Å². The minimum atomic E-state index is 0.0167. The highest BCUT2D eigenvalue weighted by atomic mass is 16.1. The van der Waals surface area contributed by atoms with Crippen LogP contribution in [0.5, 0.6) is 0 Å². The molecule has 0 fully saturated rings. The largest absolute Gasteiger partial charge is 0.324 e. The number of nitrogens with one attached hydrogen (secondary N) is 2. The molecular weight excluding hydrogens is 308 g/mol. The summed E-state index contributed by atoms with van der Waals surface area (Å²) in [5, 5.41) is 6.38. The number of rotatable bonds is 8. The van der Waals surface area contributed by atoms with Gasteiger partial charge in [-0.1, -0.05) is 76.2 Å². The molecule has 0 spiro atoms. The summed E-state index contributed by atoms with van der Waals surface area (Å²) in [6, 6.07) is 16.6. The van der Waals surface area contributed by atoms with Crippen LogP contribution in [0.15, 0.2) is 48.5 Å². The van der Waals surface area contributed by atoms with Crippen molar-refractivity contribution in [1.29, 1.82) is 0 Å². The number of hydrogen-bond acceptors (Lipinski definition) is 2. The van der Waals surface area contributed by atoms with Crippen molar-refractivity contribution in [2.24, 2.45) is 0 Å². The van der Waals surface area contributed by atoms with Gasteiger partial charge in [-0.05, 0) is 41.5 Å². The SMILES string of the molecule is CC(C)c1cccc(C(C)C)c1NC(=O)CNCCc1ccccc1.